The lowest BCUT2D eigenvalue weighted by atomic mass is 9.91. The number of likely N-dealkylation sites (tertiary alicyclic amines) is 1. The molecule has 1 aromatic heterocycles. The summed E-state index contributed by atoms with van der Waals surface area (Å²) in [6.07, 6.45) is 4.14. The fourth-order valence-corrected chi connectivity index (χ4v) is 5.14. The van der Waals surface area contributed by atoms with Gasteiger partial charge in [-0.15, -0.1) is 0 Å². The molecule has 0 saturated carbocycles. The Hall–Kier alpha value is -2.64. The zero-order chi connectivity index (χ0) is 23.7. The maximum absolute atomic E-state index is 13.4. The van der Waals surface area contributed by atoms with Crippen LogP contribution in [-0.4, -0.2) is 48.2 Å². The highest BCUT2D eigenvalue weighted by molar-refractivity contribution is 6.34. The SMILES string of the molecule is CC1CC(=O)c2ccc(OCCCCN3CCC(c4noc5cc(F)ccc45)CC3)c(Cl)c2O1. The van der Waals surface area contributed by atoms with E-state index in [4.69, 9.17) is 25.6 Å². The van der Waals surface area contributed by atoms with Crippen molar-refractivity contribution in [3.8, 4) is 11.5 Å². The van der Waals surface area contributed by atoms with Gasteiger partial charge in [0.05, 0.1) is 17.9 Å². The standard InChI is InChI=1S/C26H28ClFN2O4/c1-16-14-21(31)19-6-7-22(24(27)26(19)33-16)32-13-3-2-10-30-11-8-17(9-12-30)25-20-5-4-18(28)15-23(20)34-29-25/h4-7,15-17H,2-3,8-14H2,1H3. The maximum Gasteiger partial charge on any atom is 0.170 e. The van der Waals surface area contributed by atoms with E-state index in [2.05, 4.69) is 10.1 Å². The summed E-state index contributed by atoms with van der Waals surface area (Å²) in [5, 5.41) is 5.52. The first-order chi connectivity index (χ1) is 16.5. The Morgan fingerprint density at radius 3 is 2.85 bits per heavy atom. The van der Waals surface area contributed by atoms with E-state index in [0.29, 0.717) is 46.6 Å². The van der Waals surface area contributed by atoms with Gasteiger partial charge < -0.3 is 18.9 Å². The molecule has 0 aliphatic carbocycles. The Bertz CT molecular complexity index is 1190. The van der Waals surface area contributed by atoms with Crippen molar-refractivity contribution in [2.24, 2.45) is 0 Å². The van der Waals surface area contributed by atoms with Crippen molar-refractivity contribution in [2.45, 2.75) is 51.0 Å². The number of rotatable bonds is 7. The van der Waals surface area contributed by atoms with E-state index in [1.165, 1.54) is 12.1 Å². The summed E-state index contributed by atoms with van der Waals surface area (Å²) >= 11 is 6.45. The zero-order valence-electron chi connectivity index (χ0n) is 19.2. The molecule has 1 saturated heterocycles. The van der Waals surface area contributed by atoms with Gasteiger partial charge in [-0.05, 0) is 76.5 Å². The quantitative estimate of drug-likeness (QED) is 0.381. The molecule has 0 amide bonds. The third kappa shape index (κ3) is 4.77. The molecule has 34 heavy (non-hydrogen) atoms. The van der Waals surface area contributed by atoms with Crippen LogP contribution in [0.2, 0.25) is 5.02 Å². The second-order valence-corrected chi connectivity index (χ2v) is 9.57. The Kier molecular flexibility index (Phi) is 6.75. The number of benzene rings is 2. The van der Waals surface area contributed by atoms with Gasteiger partial charge in [-0.2, -0.15) is 0 Å². The van der Waals surface area contributed by atoms with Crippen LogP contribution >= 0.6 is 11.6 Å². The van der Waals surface area contributed by atoms with E-state index in [-0.39, 0.29) is 17.7 Å². The fraction of sp³-hybridized carbons (Fsp3) is 0.462. The summed E-state index contributed by atoms with van der Waals surface area (Å²) in [6, 6.07) is 8.12. The summed E-state index contributed by atoms with van der Waals surface area (Å²) in [5.74, 6) is 1.09. The molecule has 8 heteroatoms. The molecule has 180 valence electrons. The second-order valence-electron chi connectivity index (χ2n) is 9.19. The number of carbonyl (C=O) groups is 1. The van der Waals surface area contributed by atoms with Gasteiger partial charge in [0.2, 0.25) is 0 Å². The normalized spacial score (nSPS) is 19.3. The molecule has 3 aromatic rings. The lowest BCUT2D eigenvalue weighted by Crippen LogP contribution is -2.34. The van der Waals surface area contributed by atoms with E-state index < -0.39 is 0 Å². The number of carbonyl (C=O) groups excluding carboxylic acids is 1. The second kappa shape index (κ2) is 9.92. The van der Waals surface area contributed by atoms with Crippen LogP contribution in [0.3, 0.4) is 0 Å². The van der Waals surface area contributed by atoms with E-state index >= 15 is 0 Å². The zero-order valence-corrected chi connectivity index (χ0v) is 19.9. The van der Waals surface area contributed by atoms with Gasteiger partial charge in [-0.1, -0.05) is 16.8 Å². The Morgan fingerprint density at radius 1 is 1.21 bits per heavy atom. The first-order valence-corrected chi connectivity index (χ1v) is 12.3. The largest absolute Gasteiger partial charge is 0.492 e. The van der Waals surface area contributed by atoms with Crippen LogP contribution in [0.25, 0.3) is 11.0 Å². The van der Waals surface area contributed by atoms with Crippen LogP contribution in [0.15, 0.2) is 34.9 Å². The average Bonchev–Trinajstić information content (AvgIpc) is 3.24. The molecule has 1 fully saturated rings. The maximum atomic E-state index is 13.4. The summed E-state index contributed by atoms with van der Waals surface area (Å²) in [6.45, 7) is 5.43. The van der Waals surface area contributed by atoms with E-state index in [1.54, 1.807) is 18.2 Å². The minimum absolute atomic E-state index is 0.0524. The van der Waals surface area contributed by atoms with Gasteiger partial charge >= 0.3 is 0 Å². The molecule has 2 aliphatic rings. The van der Waals surface area contributed by atoms with Crippen LogP contribution in [0.5, 0.6) is 11.5 Å². The molecule has 0 radical (unpaired) electrons. The molecule has 1 unspecified atom stereocenters. The number of halogens is 2. The fourth-order valence-electron chi connectivity index (χ4n) is 4.87. The molecule has 2 aromatic carbocycles. The average molecular weight is 487 g/mol. The smallest absolute Gasteiger partial charge is 0.170 e. The Morgan fingerprint density at radius 2 is 2.03 bits per heavy atom. The molecule has 0 spiro atoms. The van der Waals surface area contributed by atoms with Crippen LogP contribution in [-0.2, 0) is 0 Å². The van der Waals surface area contributed by atoms with E-state index in [1.807, 2.05) is 6.92 Å². The lowest BCUT2D eigenvalue weighted by Gasteiger charge is -2.31. The lowest BCUT2D eigenvalue weighted by molar-refractivity contribution is 0.0870. The monoisotopic (exact) mass is 486 g/mol. The number of Topliss-reactive ketones (excluding diaryl/α,β-unsaturated/α-hetero) is 1. The van der Waals surface area contributed by atoms with E-state index in [0.717, 1.165) is 56.4 Å². The van der Waals surface area contributed by atoms with Crippen molar-refractivity contribution in [3.63, 3.8) is 0 Å². The van der Waals surface area contributed by atoms with E-state index in [9.17, 15) is 9.18 Å². The Labute approximate surface area is 202 Å². The highest BCUT2D eigenvalue weighted by Crippen LogP contribution is 2.41. The molecule has 1 atom stereocenters. The van der Waals surface area contributed by atoms with Crippen LogP contribution in [0.1, 0.15) is 61.0 Å². The summed E-state index contributed by atoms with van der Waals surface area (Å²) < 4.78 is 30.4. The molecule has 2 aliphatic heterocycles. The van der Waals surface area contributed by atoms with Gasteiger partial charge in [0.15, 0.2) is 17.1 Å². The number of aromatic nitrogens is 1. The molecule has 3 heterocycles. The van der Waals surface area contributed by atoms with Crippen LogP contribution in [0, 0.1) is 5.82 Å². The van der Waals surface area contributed by atoms with Crippen molar-refractivity contribution < 1.29 is 23.2 Å². The molecular weight excluding hydrogens is 459 g/mol. The first kappa shape index (κ1) is 23.1. The first-order valence-electron chi connectivity index (χ1n) is 11.9. The third-order valence-corrected chi connectivity index (χ3v) is 7.07. The number of hydrogen-bond acceptors (Lipinski definition) is 6. The predicted octanol–water partition coefficient (Wildman–Crippen LogP) is 6.01. The number of ketones is 1. The molecule has 5 rings (SSSR count). The summed E-state index contributed by atoms with van der Waals surface area (Å²) in [5.41, 5.74) is 2.00. The summed E-state index contributed by atoms with van der Waals surface area (Å²) in [7, 11) is 0. The Balaban J connectivity index is 1.06. The molecule has 0 N–H and O–H groups in total. The van der Waals surface area contributed by atoms with Gasteiger partial charge in [0.1, 0.15) is 22.7 Å². The van der Waals surface area contributed by atoms with Gasteiger partial charge in [0, 0.05) is 23.8 Å². The number of fused-ring (bicyclic) bond motifs is 2. The van der Waals surface area contributed by atoms with Gasteiger partial charge in [0.25, 0.3) is 0 Å². The molecule has 6 nitrogen and oxygen atoms in total. The van der Waals surface area contributed by atoms with Crippen LogP contribution in [0.4, 0.5) is 4.39 Å². The number of hydrogen-bond donors (Lipinski definition) is 0. The van der Waals surface area contributed by atoms with Crippen molar-refractivity contribution in [1.29, 1.82) is 0 Å². The minimum Gasteiger partial charge on any atom is -0.492 e. The van der Waals surface area contributed by atoms with Crippen molar-refractivity contribution in [2.75, 3.05) is 26.2 Å². The topological polar surface area (TPSA) is 64.8 Å². The predicted molar refractivity (Wildman–Crippen MR) is 128 cm³/mol. The highest BCUT2D eigenvalue weighted by atomic mass is 35.5. The van der Waals surface area contributed by atoms with Gasteiger partial charge in [-0.3, -0.25) is 4.79 Å². The summed E-state index contributed by atoms with van der Waals surface area (Å²) in [4.78, 5) is 14.6. The van der Waals surface area contributed by atoms with Crippen LogP contribution < -0.4 is 9.47 Å². The van der Waals surface area contributed by atoms with Crippen molar-refractivity contribution >= 4 is 28.4 Å². The molecule has 0 bridgehead atoms. The van der Waals surface area contributed by atoms with Crippen molar-refractivity contribution in [3.05, 3.63) is 52.4 Å². The van der Waals surface area contributed by atoms with Crippen molar-refractivity contribution in [1.82, 2.24) is 10.1 Å². The molecular formula is C26H28ClFN2O4. The number of nitrogens with zero attached hydrogens (tertiary/aromatic N) is 2. The minimum atomic E-state index is -0.305. The third-order valence-electron chi connectivity index (χ3n) is 6.72. The number of unbranched alkanes of at least 4 members (excludes halogenated alkanes) is 1. The highest BCUT2D eigenvalue weighted by Gasteiger charge is 2.28. The number of ether oxygens (including phenoxy) is 2. The number of piperidine rings is 1. The van der Waals surface area contributed by atoms with Gasteiger partial charge in [-0.25, -0.2) is 4.39 Å².